The standard InChI is InChI=1S/C22H19FN4O3S/c1-22(2,19(28)29)12-30-20-24-10-13(11-25-20)15-8-7-14(9-16(15)23)26-21-27-17-5-3-4-6-18(17)31-21/h3-11H,12H2,1-2H3,(H,26,27)(H,28,29). The Labute approximate surface area is 181 Å². The van der Waals surface area contributed by atoms with E-state index in [4.69, 9.17) is 9.84 Å². The number of para-hydroxylation sites is 1. The van der Waals surface area contributed by atoms with Crippen LogP contribution in [0, 0.1) is 11.2 Å². The molecule has 31 heavy (non-hydrogen) atoms. The normalized spacial score (nSPS) is 11.5. The summed E-state index contributed by atoms with van der Waals surface area (Å²) in [6, 6.07) is 12.6. The van der Waals surface area contributed by atoms with Crippen LogP contribution in [0.15, 0.2) is 54.9 Å². The fourth-order valence-electron chi connectivity index (χ4n) is 2.71. The topological polar surface area (TPSA) is 97.2 Å². The molecule has 2 heterocycles. The lowest BCUT2D eigenvalue weighted by atomic mass is 9.95. The molecule has 7 nitrogen and oxygen atoms in total. The van der Waals surface area contributed by atoms with Crippen LogP contribution in [0.3, 0.4) is 0 Å². The van der Waals surface area contributed by atoms with E-state index in [9.17, 15) is 9.18 Å². The van der Waals surface area contributed by atoms with Crippen LogP contribution in [0.1, 0.15) is 13.8 Å². The maximum absolute atomic E-state index is 14.7. The van der Waals surface area contributed by atoms with E-state index >= 15 is 0 Å². The van der Waals surface area contributed by atoms with Crippen LogP contribution in [-0.2, 0) is 4.79 Å². The Balaban J connectivity index is 1.47. The molecule has 0 atom stereocenters. The first kappa shape index (κ1) is 20.7. The van der Waals surface area contributed by atoms with Gasteiger partial charge in [-0.1, -0.05) is 23.5 Å². The molecule has 0 spiro atoms. The van der Waals surface area contributed by atoms with Crippen LogP contribution in [0.4, 0.5) is 15.2 Å². The lowest BCUT2D eigenvalue weighted by Gasteiger charge is -2.18. The fraction of sp³-hybridized carbons (Fsp3) is 0.182. The molecular formula is C22H19FN4O3S. The lowest BCUT2D eigenvalue weighted by Crippen LogP contribution is -2.31. The van der Waals surface area contributed by atoms with E-state index in [1.165, 1.54) is 29.8 Å². The number of fused-ring (bicyclic) bond motifs is 1. The van der Waals surface area contributed by atoms with Crippen molar-refractivity contribution in [3.8, 4) is 17.1 Å². The molecule has 0 aliphatic carbocycles. The molecule has 0 saturated heterocycles. The van der Waals surface area contributed by atoms with Gasteiger partial charge in [0.25, 0.3) is 0 Å². The van der Waals surface area contributed by atoms with Crippen LogP contribution in [0.5, 0.6) is 6.01 Å². The lowest BCUT2D eigenvalue weighted by molar-refractivity contribution is -0.148. The van der Waals surface area contributed by atoms with Crippen molar-refractivity contribution in [3.05, 3.63) is 60.7 Å². The molecule has 158 valence electrons. The Bertz CT molecular complexity index is 1210. The highest BCUT2D eigenvalue weighted by atomic mass is 32.1. The van der Waals surface area contributed by atoms with Crippen molar-refractivity contribution in [3.63, 3.8) is 0 Å². The minimum absolute atomic E-state index is 0.0348. The average molecular weight is 438 g/mol. The number of thiazole rings is 1. The Morgan fingerprint density at radius 1 is 1.19 bits per heavy atom. The van der Waals surface area contributed by atoms with Gasteiger partial charge in [0.15, 0.2) is 5.13 Å². The van der Waals surface area contributed by atoms with Crippen molar-refractivity contribution >= 4 is 38.3 Å². The first-order chi connectivity index (χ1) is 14.8. The zero-order valence-corrected chi connectivity index (χ0v) is 17.6. The number of nitrogens with one attached hydrogen (secondary N) is 1. The number of aromatic nitrogens is 3. The predicted octanol–water partition coefficient (Wildman–Crippen LogP) is 5.13. The van der Waals surface area contributed by atoms with E-state index in [0.29, 0.717) is 21.9 Å². The molecular weight excluding hydrogens is 419 g/mol. The summed E-state index contributed by atoms with van der Waals surface area (Å²) in [4.78, 5) is 23.7. The molecule has 0 bridgehead atoms. The van der Waals surface area contributed by atoms with Crippen LogP contribution in [-0.4, -0.2) is 32.6 Å². The van der Waals surface area contributed by atoms with Crippen molar-refractivity contribution in [2.75, 3.05) is 11.9 Å². The quantitative estimate of drug-likeness (QED) is 0.413. The maximum atomic E-state index is 14.7. The Morgan fingerprint density at radius 3 is 2.61 bits per heavy atom. The second kappa shape index (κ2) is 8.27. The Hall–Kier alpha value is -3.59. The third kappa shape index (κ3) is 4.61. The summed E-state index contributed by atoms with van der Waals surface area (Å²) < 4.78 is 21.1. The first-order valence-electron chi connectivity index (χ1n) is 9.42. The summed E-state index contributed by atoms with van der Waals surface area (Å²) in [5, 5.41) is 12.9. The number of nitrogens with zero attached hydrogens (tertiary/aromatic N) is 3. The number of carboxylic acid groups (broad SMARTS) is 1. The van der Waals surface area contributed by atoms with Gasteiger partial charge in [0, 0.05) is 29.2 Å². The Kier molecular flexibility index (Phi) is 5.51. The molecule has 0 aliphatic heterocycles. The summed E-state index contributed by atoms with van der Waals surface area (Å²) in [6.07, 6.45) is 2.88. The van der Waals surface area contributed by atoms with Gasteiger partial charge in [0.05, 0.1) is 15.6 Å². The SMILES string of the molecule is CC(C)(COc1ncc(-c2ccc(Nc3nc4ccccc4s3)cc2F)cn1)C(=O)O. The van der Waals surface area contributed by atoms with E-state index in [0.717, 1.165) is 10.2 Å². The summed E-state index contributed by atoms with van der Waals surface area (Å²) >= 11 is 1.49. The van der Waals surface area contributed by atoms with Gasteiger partial charge in [-0.05, 0) is 44.2 Å². The highest BCUT2D eigenvalue weighted by Crippen LogP contribution is 2.30. The van der Waals surface area contributed by atoms with Gasteiger partial charge in [-0.25, -0.2) is 19.3 Å². The molecule has 4 rings (SSSR count). The molecule has 0 fully saturated rings. The van der Waals surface area contributed by atoms with E-state index in [-0.39, 0.29) is 12.6 Å². The molecule has 0 radical (unpaired) electrons. The van der Waals surface area contributed by atoms with E-state index in [1.54, 1.807) is 26.0 Å². The summed E-state index contributed by atoms with van der Waals surface area (Å²) in [7, 11) is 0. The third-order valence-electron chi connectivity index (χ3n) is 4.59. The van der Waals surface area contributed by atoms with Gasteiger partial charge in [-0.2, -0.15) is 0 Å². The minimum atomic E-state index is -1.07. The van der Waals surface area contributed by atoms with Gasteiger partial charge < -0.3 is 15.2 Å². The van der Waals surface area contributed by atoms with Gasteiger partial charge >= 0.3 is 12.0 Å². The number of rotatable bonds is 7. The number of ether oxygens (including phenoxy) is 1. The number of anilines is 2. The van der Waals surface area contributed by atoms with Crippen LogP contribution in [0.2, 0.25) is 0 Å². The third-order valence-corrected chi connectivity index (χ3v) is 5.55. The van der Waals surface area contributed by atoms with Crippen molar-refractivity contribution in [1.82, 2.24) is 15.0 Å². The molecule has 0 aliphatic rings. The average Bonchev–Trinajstić information content (AvgIpc) is 3.15. The van der Waals surface area contributed by atoms with Gasteiger partial charge in [0.2, 0.25) is 0 Å². The summed E-state index contributed by atoms with van der Waals surface area (Å²) in [5.41, 5.74) is 1.22. The summed E-state index contributed by atoms with van der Waals surface area (Å²) in [5.74, 6) is -1.42. The van der Waals surface area contributed by atoms with Crippen LogP contribution in [0.25, 0.3) is 21.3 Å². The number of halogens is 1. The second-order valence-electron chi connectivity index (χ2n) is 7.54. The number of benzene rings is 2. The smallest absolute Gasteiger partial charge is 0.316 e. The molecule has 2 N–H and O–H groups in total. The zero-order valence-electron chi connectivity index (χ0n) is 16.8. The van der Waals surface area contributed by atoms with Crippen molar-refractivity contribution in [1.29, 1.82) is 0 Å². The largest absolute Gasteiger partial charge is 0.481 e. The Morgan fingerprint density at radius 2 is 1.94 bits per heavy atom. The molecule has 2 aromatic heterocycles. The number of hydrogen-bond donors (Lipinski definition) is 2. The molecule has 0 amide bonds. The minimum Gasteiger partial charge on any atom is -0.481 e. The van der Waals surface area contributed by atoms with Gasteiger partial charge in [0.1, 0.15) is 12.4 Å². The van der Waals surface area contributed by atoms with Crippen LogP contribution < -0.4 is 10.1 Å². The van der Waals surface area contributed by atoms with Crippen molar-refractivity contribution in [2.24, 2.45) is 5.41 Å². The highest BCUT2D eigenvalue weighted by Gasteiger charge is 2.28. The van der Waals surface area contributed by atoms with E-state index in [2.05, 4.69) is 20.3 Å². The highest BCUT2D eigenvalue weighted by molar-refractivity contribution is 7.22. The first-order valence-corrected chi connectivity index (χ1v) is 10.2. The molecule has 2 aromatic carbocycles. The van der Waals surface area contributed by atoms with E-state index in [1.807, 2.05) is 24.3 Å². The molecule has 0 saturated carbocycles. The number of hydrogen-bond acceptors (Lipinski definition) is 7. The van der Waals surface area contributed by atoms with Crippen molar-refractivity contribution < 1.29 is 19.0 Å². The van der Waals surface area contributed by atoms with Gasteiger partial charge in [-0.15, -0.1) is 0 Å². The number of carbonyl (C=O) groups is 1. The number of aliphatic carboxylic acids is 1. The number of carboxylic acids is 1. The zero-order chi connectivity index (χ0) is 22.0. The predicted molar refractivity (Wildman–Crippen MR) is 117 cm³/mol. The second-order valence-corrected chi connectivity index (χ2v) is 8.57. The van der Waals surface area contributed by atoms with Crippen molar-refractivity contribution in [2.45, 2.75) is 13.8 Å². The van der Waals surface area contributed by atoms with Crippen LogP contribution >= 0.6 is 11.3 Å². The monoisotopic (exact) mass is 438 g/mol. The maximum Gasteiger partial charge on any atom is 0.316 e. The van der Waals surface area contributed by atoms with E-state index < -0.39 is 17.2 Å². The fourth-order valence-corrected chi connectivity index (χ4v) is 3.60. The summed E-state index contributed by atoms with van der Waals surface area (Å²) in [6.45, 7) is 3.01. The molecule has 0 unspecified atom stereocenters. The molecule has 4 aromatic rings. The molecule has 9 heteroatoms. The van der Waals surface area contributed by atoms with Gasteiger partial charge in [-0.3, -0.25) is 4.79 Å².